The second-order valence-electron chi connectivity index (χ2n) is 5.05. The van der Waals surface area contributed by atoms with E-state index in [0.29, 0.717) is 13.0 Å². The van der Waals surface area contributed by atoms with E-state index in [1.54, 1.807) is 0 Å². The van der Waals surface area contributed by atoms with Gasteiger partial charge in [-0.1, -0.05) is 6.92 Å². The van der Waals surface area contributed by atoms with Gasteiger partial charge in [-0.05, 0) is 61.4 Å². The number of nitrogens with zero attached hydrogens (tertiary/aromatic N) is 1. The quantitative estimate of drug-likeness (QED) is 0.813. The lowest BCUT2D eigenvalue weighted by Gasteiger charge is -2.17. The third kappa shape index (κ3) is 4.13. The molecule has 1 aliphatic heterocycles. The van der Waals surface area contributed by atoms with Crippen LogP contribution in [-0.4, -0.2) is 35.7 Å². The molecule has 1 aliphatic rings. The topological polar surface area (TPSA) is 32.7 Å². The first-order valence-corrected chi connectivity index (χ1v) is 7.79. The summed E-state index contributed by atoms with van der Waals surface area (Å²) in [5, 5.41) is 9.20. The summed E-state index contributed by atoms with van der Waals surface area (Å²) < 4.78 is 7.95. The van der Waals surface area contributed by atoms with Crippen LogP contribution in [0.5, 0.6) is 5.75 Å². The van der Waals surface area contributed by atoms with E-state index in [1.165, 1.54) is 16.9 Å². The van der Waals surface area contributed by atoms with Gasteiger partial charge in [0.2, 0.25) is 0 Å². The van der Waals surface area contributed by atoms with Gasteiger partial charge >= 0.3 is 0 Å². The van der Waals surface area contributed by atoms with E-state index in [9.17, 15) is 5.11 Å². The summed E-state index contributed by atoms with van der Waals surface area (Å²) in [6.45, 7) is 7.44. The molecule has 0 radical (unpaired) electrons. The second-order valence-corrected chi connectivity index (χ2v) is 6.19. The highest BCUT2D eigenvalue weighted by molar-refractivity contribution is 7.97. The minimum Gasteiger partial charge on any atom is -0.494 e. The highest BCUT2D eigenvalue weighted by Crippen LogP contribution is 2.33. The maximum Gasteiger partial charge on any atom is 0.119 e. The van der Waals surface area contributed by atoms with E-state index < -0.39 is 0 Å². The van der Waals surface area contributed by atoms with Crippen LogP contribution >= 0.6 is 11.9 Å². The van der Waals surface area contributed by atoms with Crippen molar-refractivity contribution in [1.29, 1.82) is 0 Å². The lowest BCUT2D eigenvalue weighted by atomic mass is 10.1. The van der Waals surface area contributed by atoms with Crippen molar-refractivity contribution in [1.82, 2.24) is 4.31 Å². The van der Waals surface area contributed by atoms with Crippen molar-refractivity contribution in [2.45, 2.75) is 31.6 Å². The largest absolute Gasteiger partial charge is 0.494 e. The zero-order valence-electron chi connectivity index (χ0n) is 11.8. The molecule has 0 saturated carbocycles. The van der Waals surface area contributed by atoms with Gasteiger partial charge in [0.05, 0.1) is 6.61 Å². The van der Waals surface area contributed by atoms with E-state index in [-0.39, 0.29) is 6.61 Å². The number of ether oxygens (including phenoxy) is 1. The summed E-state index contributed by atoms with van der Waals surface area (Å²) in [5.74, 6) is 1.68. The van der Waals surface area contributed by atoms with Crippen molar-refractivity contribution in [3.05, 3.63) is 23.8 Å². The zero-order valence-corrected chi connectivity index (χ0v) is 12.6. The predicted molar refractivity (Wildman–Crippen MR) is 79.6 cm³/mol. The van der Waals surface area contributed by atoms with Gasteiger partial charge in [0.15, 0.2) is 0 Å². The van der Waals surface area contributed by atoms with Crippen molar-refractivity contribution in [2.75, 3.05) is 26.3 Å². The van der Waals surface area contributed by atoms with Crippen LogP contribution in [0.3, 0.4) is 0 Å². The molecule has 1 heterocycles. The average molecular weight is 281 g/mol. The molecule has 0 spiro atoms. The Labute approximate surface area is 120 Å². The molecule has 0 bridgehead atoms. The maximum absolute atomic E-state index is 9.20. The van der Waals surface area contributed by atoms with Crippen LogP contribution in [-0.2, 0) is 6.42 Å². The molecule has 3 nitrogen and oxygen atoms in total. The van der Waals surface area contributed by atoms with E-state index in [0.717, 1.165) is 24.8 Å². The smallest absolute Gasteiger partial charge is 0.119 e. The summed E-state index contributed by atoms with van der Waals surface area (Å²) >= 11 is 1.81. The SMILES string of the molecule is CCOc1ccc(SN2CC[C@H](C)C2)c(CCO)c1. The zero-order chi connectivity index (χ0) is 13.7. The summed E-state index contributed by atoms with van der Waals surface area (Å²) in [5.41, 5.74) is 1.18. The van der Waals surface area contributed by atoms with Gasteiger partial charge in [0.25, 0.3) is 0 Å². The lowest BCUT2D eigenvalue weighted by Crippen LogP contribution is -2.11. The Morgan fingerprint density at radius 3 is 2.95 bits per heavy atom. The average Bonchev–Trinajstić information content (AvgIpc) is 2.79. The Balaban J connectivity index is 2.09. The molecule has 19 heavy (non-hydrogen) atoms. The molecule has 1 aromatic rings. The highest BCUT2D eigenvalue weighted by Gasteiger charge is 2.20. The summed E-state index contributed by atoms with van der Waals surface area (Å²) in [6.07, 6.45) is 1.96. The van der Waals surface area contributed by atoms with Crippen LogP contribution in [0.2, 0.25) is 0 Å². The molecular weight excluding hydrogens is 258 g/mol. The fourth-order valence-corrected chi connectivity index (χ4v) is 3.54. The summed E-state index contributed by atoms with van der Waals surface area (Å²) in [6, 6.07) is 6.19. The Bertz CT molecular complexity index is 411. The molecule has 2 rings (SSSR count). The molecule has 4 heteroatoms. The number of benzene rings is 1. The van der Waals surface area contributed by atoms with Gasteiger partial charge in [0.1, 0.15) is 5.75 Å². The van der Waals surface area contributed by atoms with E-state index in [1.807, 2.05) is 24.9 Å². The van der Waals surface area contributed by atoms with Crippen molar-refractivity contribution in [3.8, 4) is 5.75 Å². The lowest BCUT2D eigenvalue weighted by molar-refractivity contribution is 0.298. The van der Waals surface area contributed by atoms with Crippen molar-refractivity contribution >= 4 is 11.9 Å². The van der Waals surface area contributed by atoms with Crippen molar-refractivity contribution in [3.63, 3.8) is 0 Å². The van der Waals surface area contributed by atoms with Gasteiger partial charge in [-0.15, -0.1) is 0 Å². The van der Waals surface area contributed by atoms with E-state index in [2.05, 4.69) is 23.4 Å². The van der Waals surface area contributed by atoms with Crippen LogP contribution < -0.4 is 4.74 Å². The molecule has 0 aliphatic carbocycles. The third-order valence-corrected chi connectivity index (χ3v) is 4.52. The number of aliphatic hydroxyl groups is 1. The van der Waals surface area contributed by atoms with Crippen LogP contribution in [0.1, 0.15) is 25.8 Å². The standard InChI is InChI=1S/C15H23NO2S/c1-3-18-14-4-5-15(13(10-14)7-9-17)19-16-8-6-12(2)11-16/h4-5,10,12,17H,3,6-9,11H2,1-2H3/t12-/m0/s1. The first-order valence-electron chi connectivity index (χ1n) is 7.02. The van der Waals surface area contributed by atoms with Gasteiger partial charge in [-0.3, -0.25) is 0 Å². The molecular formula is C15H23NO2S. The third-order valence-electron chi connectivity index (χ3n) is 3.34. The van der Waals surface area contributed by atoms with Crippen LogP contribution in [0.15, 0.2) is 23.1 Å². The number of hydrogen-bond acceptors (Lipinski definition) is 4. The Morgan fingerprint density at radius 2 is 2.32 bits per heavy atom. The summed E-state index contributed by atoms with van der Waals surface area (Å²) in [7, 11) is 0. The predicted octanol–water partition coefficient (Wildman–Crippen LogP) is 2.97. The molecule has 1 N–H and O–H groups in total. The summed E-state index contributed by atoms with van der Waals surface area (Å²) in [4.78, 5) is 1.24. The van der Waals surface area contributed by atoms with E-state index >= 15 is 0 Å². The normalized spacial score (nSPS) is 19.8. The minimum absolute atomic E-state index is 0.180. The Kier molecular flexibility index (Phi) is 5.55. The maximum atomic E-state index is 9.20. The number of aliphatic hydroxyl groups excluding tert-OH is 1. The van der Waals surface area contributed by atoms with E-state index in [4.69, 9.17) is 4.74 Å². The molecule has 1 saturated heterocycles. The van der Waals surface area contributed by atoms with Crippen LogP contribution in [0, 0.1) is 5.92 Å². The molecule has 0 amide bonds. The first kappa shape index (κ1) is 14.7. The van der Waals surface area contributed by atoms with Gasteiger partial charge in [-0.2, -0.15) is 0 Å². The molecule has 1 fully saturated rings. The molecule has 1 aromatic carbocycles. The minimum atomic E-state index is 0.180. The van der Waals surface area contributed by atoms with Gasteiger partial charge in [-0.25, -0.2) is 4.31 Å². The number of hydrogen-bond donors (Lipinski definition) is 1. The van der Waals surface area contributed by atoms with Crippen LogP contribution in [0.4, 0.5) is 0 Å². The second kappa shape index (κ2) is 7.17. The first-order chi connectivity index (χ1) is 9.22. The highest BCUT2D eigenvalue weighted by atomic mass is 32.2. The van der Waals surface area contributed by atoms with Gasteiger partial charge in [0, 0.05) is 24.6 Å². The molecule has 0 unspecified atom stereocenters. The Morgan fingerprint density at radius 1 is 1.47 bits per heavy atom. The Hall–Kier alpha value is -0.710. The number of rotatable bonds is 6. The van der Waals surface area contributed by atoms with Crippen molar-refractivity contribution < 1.29 is 9.84 Å². The fourth-order valence-electron chi connectivity index (χ4n) is 2.33. The van der Waals surface area contributed by atoms with Crippen LogP contribution in [0.25, 0.3) is 0 Å². The monoisotopic (exact) mass is 281 g/mol. The fraction of sp³-hybridized carbons (Fsp3) is 0.600. The molecule has 106 valence electrons. The van der Waals surface area contributed by atoms with Gasteiger partial charge < -0.3 is 9.84 Å². The molecule has 0 aromatic heterocycles. The van der Waals surface area contributed by atoms with Crippen molar-refractivity contribution in [2.24, 2.45) is 5.92 Å². The molecule has 1 atom stereocenters.